The molecule has 2 aromatic rings. The van der Waals surface area contributed by atoms with E-state index in [0.29, 0.717) is 11.4 Å². The highest BCUT2D eigenvalue weighted by Crippen LogP contribution is 2.27. The minimum Gasteiger partial charge on any atom is -0.463 e. The summed E-state index contributed by atoms with van der Waals surface area (Å²) in [5.41, 5.74) is 1.14. The number of ether oxygens (including phenoxy) is 2. The number of esters is 1. The van der Waals surface area contributed by atoms with Crippen molar-refractivity contribution in [1.29, 1.82) is 0 Å². The summed E-state index contributed by atoms with van der Waals surface area (Å²) in [5, 5.41) is 13.0. The lowest BCUT2D eigenvalue weighted by Gasteiger charge is -2.26. The standard InChI is InChI=1S/C17H16F3N5O4/c1-3-28-15(26)13-9(2)21-16(27)22-14(13)12-8-25(24-23-12)10-4-6-11(7-5-10)29-17(18,19)20/h4-8,14H,3H2,1-2H3,(H2,21,22,27). The molecule has 1 atom stereocenters. The van der Waals surface area contributed by atoms with E-state index in [4.69, 9.17) is 4.74 Å². The Hall–Kier alpha value is -3.57. The first-order chi connectivity index (χ1) is 13.7. The van der Waals surface area contributed by atoms with Crippen LogP contribution in [0.5, 0.6) is 5.75 Å². The molecule has 0 bridgehead atoms. The van der Waals surface area contributed by atoms with Crippen molar-refractivity contribution in [2.45, 2.75) is 26.3 Å². The van der Waals surface area contributed by atoms with Crippen molar-refractivity contribution in [1.82, 2.24) is 25.6 Å². The molecule has 1 aliphatic rings. The maximum absolute atomic E-state index is 12.3. The van der Waals surface area contributed by atoms with Gasteiger partial charge in [-0.1, -0.05) is 5.21 Å². The van der Waals surface area contributed by atoms with Crippen LogP contribution in [0, 0.1) is 0 Å². The molecule has 3 rings (SSSR count). The Labute approximate surface area is 162 Å². The van der Waals surface area contributed by atoms with Crippen LogP contribution in [0.1, 0.15) is 25.6 Å². The van der Waals surface area contributed by atoms with Crippen molar-refractivity contribution in [3.8, 4) is 11.4 Å². The highest BCUT2D eigenvalue weighted by atomic mass is 19.4. The second kappa shape index (κ2) is 7.81. The molecule has 0 fully saturated rings. The van der Waals surface area contributed by atoms with Crippen LogP contribution in [0.25, 0.3) is 5.69 Å². The topological polar surface area (TPSA) is 107 Å². The zero-order valence-electron chi connectivity index (χ0n) is 15.3. The Morgan fingerprint density at radius 3 is 2.59 bits per heavy atom. The van der Waals surface area contributed by atoms with Gasteiger partial charge in [0.2, 0.25) is 0 Å². The van der Waals surface area contributed by atoms with Crippen LogP contribution in [-0.2, 0) is 9.53 Å². The van der Waals surface area contributed by atoms with E-state index in [1.807, 2.05) is 0 Å². The minimum absolute atomic E-state index is 0.148. The normalized spacial score (nSPS) is 16.9. The van der Waals surface area contributed by atoms with Crippen LogP contribution < -0.4 is 15.4 Å². The zero-order chi connectivity index (χ0) is 21.2. The number of hydrogen-bond donors (Lipinski definition) is 2. The molecule has 1 aliphatic heterocycles. The number of amides is 2. The maximum Gasteiger partial charge on any atom is 0.573 e. The van der Waals surface area contributed by atoms with E-state index in [1.54, 1.807) is 13.8 Å². The van der Waals surface area contributed by atoms with Crippen LogP contribution in [0.4, 0.5) is 18.0 Å². The second-order valence-electron chi connectivity index (χ2n) is 5.92. The van der Waals surface area contributed by atoms with Crippen molar-refractivity contribution in [3.63, 3.8) is 0 Å². The van der Waals surface area contributed by atoms with Crippen molar-refractivity contribution < 1.29 is 32.2 Å². The van der Waals surface area contributed by atoms with Crippen LogP contribution in [-0.4, -0.2) is 40.0 Å². The molecule has 1 aromatic heterocycles. The van der Waals surface area contributed by atoms with Gasteiger partial charge in [0.1, 0.15) is 17.5 Å². The number of urea groups is 1. The highest BCUT2D eigenvalue weighted by Gasteiger charge is 2.34. The van der Waals surface area contributed by atoms with Crippen LogP contribution in [0.15, 0.2) is 41.7 Å². The Kier molecular flexibility index (Phi) is 5.43. The van der Waals surface area contributed by atoms with Gasteiger partial charge >= 0.3 is 18.4 Å². The van der Waals surface area contributed by atoms with Gasteiger partial charge < -0.3 is 20.1 Å². The first-order valence-corrected chi connectivity index (χ1v) is 8.41. The zero-order valence-corrected chi connectivity index (χ0v) is 15.3. The Morgan fingerprint density at radius 2 is 1.97 bits per heavy atom. The van der Waals surface area contributed by atoms with Gasteiger partial charge in [0.05, 0.1) is 24.1 Å². The van der Waals surface area contributed by atoms with Gasteiger partial charge in [-0.2, -0.15) is 0 Å². The van der Waals surface area contributed by atoms with Crippen LogP contribution in [0.3, 0.4) is 0 Å². The minimum atomic E-state index is -4.79. The summed E-state index contributed by atoms with van der Waals surface area (Å²) in [6.45, 7) is 3.36. The third-order valence-electron chi connectivity index (χ3n) is 3.91. The van der Waals surface area contributed by atoms with Gasteiger partial charge in [0.25, 0.3) is 0 Å². The number of nitrogens with zero attached hydrogens (tertiary/aromatic N) is 3. The number of allylic oxidation sites excluding steroid dienone is 1. The Balaban J connectivity index is 1.87. The molecule has 0 saturated heterocycles. The summed E-state index contributed by atoms with van der Waals surface area (Å²) in [5.74, 6) is -0.999. The highest BCUT2D eigenvalue weighted by molar-refractivity contribution is 5.94. The van der Waals surface area contributed by atoms with Crippen molar-refractivity contribution >= 4 is 12.0 Å². The number of rotatable bonds is 5. The lowest BCUT2D eigenvalue weighted by Crippen LogP contribution is -2.45. The molecule has 12 heteroatoms. The summed E-state index contributed by atoms with van der Waals surface area (Å²) in [7, 11) is 0. The molecule has 9 nitrogen and oxygen atoms in total. The summed E-state index contributed by atoms with van der Waals surface area (Å²) in [4.78, 5) is 24.1. The van der Waals surface area contributed by atoms with Gasteiger partial charge in [-0.3, -0.25) is 0 Å². The number of hydrogen-bond acceptors (Lipinski definition) is 6. The molecular weight excluding hydrogens is 395 g/mol. The lowest BCUT2D eigenvalue weighted by molar-refractivity contribution is -0.274. The van der Waals surface area contributed by atoms with E-state index in [-0.39, 0.29) is 23.6 Å². The molecule has 0 saturated carbocycles. The number of carbonyl (C=O) groups is 2. The Morgan fingerprint density at radius 1 is 1.28 bits per heavy atom. The number of halogens is 3. The molecule has 2 amide bonds. The fourth-order valence-corrected chi connectivity index (χ4v) is 2.73. The van der Waals surface area contributed by atoms with Gasteiger partial charge in [0, 0.05) is 5.70 Å². The largest absolute Gasteiger partial charge is 0.573 e. The number of carbonyl (C=O) groups excluding carboxylic acids is 2. The molecule has 1 unspecified atom stereocenters. The number of aromatic nitrogens is 3. The summed E-state index contributed by atoms with van der Waals surface area (Å²) in [6.07, 6.45) is -3.34. The van der Waals surface area contributed by atoms with Crippen LogP contribution >= 0.6 is 0 Å². The average Bonchev–Trinajstić information content (AvgIpc) is 3.10. The van der Waals surface area contributed by atoms with E-state index >= 15 is 0 Å². The third-order valence-corrected chi connectivity index (χ3v) is 3.91. The van der Waals surface area contributed by atoms with E-state index in [0.717, 1.165) is 12.1 Å². The molecule has 154 valence electrons. The number of nitrogens with one attached hydrogen (secondary N) is 2. The molecule has 2 N–H and O–H groups in total. The van der Waals surface area contributed by atoms with E-state index in [2.05, 4.69) is 25.7 Å². The first kappa shape index (κ1) is 20.2. The molecule has 0 radical (unpaired) electrons. The fraction of sp³-hybridized carbons (Fsp3) is 0.294. The summed E-state index contributed by atoms with van der Waals surface area (Å²) < 4.78 is 46.9. The van der Waals surface area contributed by atoms with E-state index < -0.39 is 24.4 Å². The predicted octanol–water partition coefficient (Wildman–Crippen LogP) is 2.36. The smallest absolute Gasteiger partial charge is 0.463 e. The molecule has 29 heavy (non-hydrogen) atoms. The number of benzene rings is 1. The third kappa shape index (κ3) is 4.65. The van der Waals surface area contributed by atoms with Gasteiger partial charge in [-0.15, -0.1) is 18.3 Å². The molecule has 0 aliphatic carbocycles. The average molecular weight is 411 g/mol. The fourth-order valence-electron chi connectivity index (χ4n) is 2.73. The molecular formula is C17H16F3N5O4. The van der Waals surface area contributed by atoms with E-state index in [1.165, 1.54) is 23.0 Å². The first-order valence-electron chi connectivity index (χ1n) is 8.41. The van der Waals surface area contributed by atoms with Crippen molar-refractivity contribution in [3.05, 3.63) is 47.4 Å². The molecule has 2 heterocycles. The predicted molar refractivity (Wildman–Crippen MR) is 91.8 cm³/mol. The SMILES string of the molecule is CCOC(=O)C1=C(C)NC(=O)NC1c1cn(-c2ccc(OC(F)(F)F)cc2)nn1. The number of alkyl halides is 3. The lowest BCUT2D eigenvalue weighted by atomic mass is 10.0. The quantitative estimate of drug-likeness (QED) is 0.732. The van der Waals surface area contributed by atoms with Gasteiger partial charge in [-0.05, 0) is 38.1 Å². The molecule has 1 aromatic carbocycles. The van der Waals surface area contributed by atoms with E-state index in [9.17, 15) is 22.8 Å². The Bertz CT molecular complexity index is 953. The van der Waals surface area contributed by atoms with Crippen LogP contribution in [0.2, 0.25) is 0 Å². The van der Waals surface area contributed by atoms with Gasteiger partial charge in [0.15, 0.2) is 0 Å². The monoisotopic (exact) mass is 411 g/mol. The van der Waals surface area contributed by atoms with Crippen molar-refractivity contribution in [2.24, 2.45) is 0 Å². The summed E-state index contributed by atoms with van der Waals surface area (Å²) in [6, 6.07) is 3.55. The van der Waals surface area contributed by atoms with Gasteiger partial charge in [-0.25, -0.2) is 14.3 Å². The second-order valence-corrected chi connectivity index (χ2v) is 5.92. The summed E-state index contributed by atoms with van der Waals surface area (Å²) >= 11 is 0. The molecule has 0 spiro atoms. The maximum atomic E-state index is 12.3. The van der Waals surface area contributed by atoms with Crippen molar-refractivity contribution in [2.75, 3.05) is 6.61 Å².